The maximum Gasteiger partial charge on any atom is 0.260 e. The average molecular weight is 304 g/mol. The maximum absolute atomic E-state index is 12.6. The van der Waals surface area contributed by atoms with E-state index in [-0.39, 0.29) is 5.91 Å². The third-order valence-electron chi connectivity index (χ3n) is 3.92. The number of hydrogen-bond acceptors (Lipinski definition) is 3. The minimum Gasteiger partial charge on any atom is -0.306 e. The fourth-order valence-corrected chi connectivity index (χ4v) is 2.68. The van der Waals surface area contributed by atoms with Crippen molar-refractivity contribution in [2.45, 2.75) is 18.8 Å². The van der Waals surface area contributed by atoms with Gasteiger partial charge in [0.1, 0.15) is 5.82 Å². The number of anilines is 1. The molecule has 0 atom stereocenters. The van der Waals surface area contributed by atoms with Crippen molar-refractivity contribution in [2.75, 3.05) is 5.32 Å². The van der Waals surface area contributed by atoms with Gasteiger partial charge in [-0.2, -0.15) is 5.10 Å². The molecule has 1 aliphatic carbocycles. The number of aromatic nitrogens is 3. The van der Waals surface area contributed by atoms with Crippen LogP contribution in [0.25, 0.3) is 5.69 Å². The second kappa shape index (κ2) is 5.68. The Morgan fingerprint density at radius 3 is 2.57 bits per heavy atom. The van der Waals surface area contributed by atoms with Gasteiger partial charge in [-0.25, -0.2) is 9.67 Å². The Balaban J connectivity index is 1.69. The zero-order valence-electron chi connectivity index (χ0n) is 12.5. The van der Waals surface area contributed by atoms with Crippen molar-refractivity contribution in [3.8, 4) is 5.69 Å². The summed E-state index contributed by atoms with van der Waals surface area (Å²) in [6.45, 7) is 0. The van der Waals surface area contributed by atoms with Gasteiger partial charge in [0.25, 0.3) is 5.91 Å². The van der Waals surface area contributed by atoms with E-state index in [1.807, 2.05) is 47.1 Å². The Labute approximate surface area is 134 Å². The minimum atomic E-state index is -0.159. The van der Waals surface area contributed by atoms with Gasteiger partial charge < -0.3 is 5.32 Å². The number of rotatable bonds is 4. The van der Waals surface area contributed by atoms with Crippen molar-refractivity contribution >= 4 is 11.7 Å². The third kappa shape index (κ3) is 2.73. The summed E-state index contributed by atoms with van der Waals surface area (Å²) in [7, 11) is 0. The number of para-hydroxylation sites is 1. The van der Waals surface area contributed by atoms with Crippen LogP contribution in [-0.2, 0) is 0 Å². The van der Waals surface area contributed by atoms with E-state index in [9.17, 15) is 4.79 Å². The summed E-state index contributed by atoms with van der Waals surface area (Å²) in [5.74, 6) is 0.793. The minimum absolute atomic E-state index is 0.159. The first-order valence-electron chi connectivity index (χ1n) is 7.68. The van der Waals surface area contributed by atoms with Crippen LogP contribution in [0.15, 0.2) is 60.9 Å². The van der Waals surface area contributed by atoms with E-state index in [0.717, 1.165) is 24.2 Å². The number of pyridine rings is 1. The third-order valence-corrected chi connectivity index (χ3v) is 3.92. The quantitative estimate of drug-likeness (QED) is 0.803. The molecule has 1 fully saturated rings. The first kappa shape index (κ1) is 13.7. The van der Waals surface area contributed by atoms with Crippen LogP contribution in [0.3, 0.4) is 0 Å². The molecule has 0 aliphatic heterocycles. The van der Waals surface area contributed by atoms with Crippen molar-refractivity contribution in [1.29, 1.82) is 0 Å². The van der Waals surface area contributed by atoms with E-state index in [4.69, 9.17) is 0 Å². The van der Waals surface area contributed by atoms with Crippen LogP contribution in [0.1, 0.15) is 34.8 Å². The second-order valence-corrected chi connectivity index (χ2v) is 5.63. The highest BCUT2D eigenvalue weighted by molar-refractivity contribution is 6.04. The largest absolute Gasteiger partial charge is 0.306 e. The summed E-state index contributed by atoms with van der Waals surface area (Å²) in [4.78, 5) is 16.7. The lowest BCUT2D eigenvalue weighted by molar-refractivity contribution is 0.102. The molecule has 23 heavy (non-hydrogen) atoms. The molecule has 1 aromatic carbocycles. The molecule has 1 aliphatic rings. The highest BCUT2D eigenvalue weighted by Gasteiger charge is 2.32. The molecule has 5 nitrogen and oxygen atoms in total. The molecular formula is C18H16N4O. The van der Waals surface area contributed by atoms with Crippen molar-refractivity contribution in [1.82, 2.24) is 14.8 Å². The molecular weight excluding hydrogens is 288 g/mol. The van der Waals surface area contributed by atoms with Crippen LogP contribution in [0.5, 0.6) is 0 Å². The number of amides is 1. The van der Waals surface area contributed by atoms with Gasteiger partial charge in [0.2, 0.25) is 0 Å². The number of nitrogens with one attached hydrogen (secondary N) is 1. The number of benzene rings is 1. The first-order chi connectivity index (χ1) is 11.3. The molecule has 0 spiro atoms. The molecule has 0 radical (unpaired) electrons. The van der Waals surface area contributed by atoms with Gasteiger partial charge in [0, 0.05) is 12.1 Å². The lowest BCUT2D eigenvalue weighted by atomic mass is 10.1. The molecule has 0 unspecified atom stereocenters. The predicted octanol–water partition coefficient (Wildman–Crippen LogP) is 3.40. The van der Waals surface area contributed by atoms with Crippen LogP contribution in [0, 0.1) is 0 Å². The number of carbonyl (C=O) groups is 1. The molecule has 2 aromatic heterocycles. The van der Waals surface area contributed by atoms with E-state index in [1.165, 1.54) is 0 Å². The van der Waals surface area contributed by atoms with Crippen molar-refractivity contribution < 1.29 is 4.79 Å². The molecule has 2 heterocycles. The SMILES string of the molecule is O=C(Nc1ccccn1)c1cnn(-c2ccccc2)c1C1CC1. The summed E-state index contributed by atoms with van der Waals surface area (Å²) >= 11 is 0. The molecule has 5 heteroatoms. The van der Waals surface area contributed by atoms with E-state index < -0.39 is 0 Å². The summed E-state index contributed by atoms with van der Waals surface area (Å²) in [5.41, 5.74) is 2.60. The predicted molar refractivity (Wildman–Crippen MR) is 87.7 cm³/mol. The monoisotopic (exact) mass is 304 g/mol. The van der Waals surface area contributed by atoms with Crippen LogP contribution in [-0.4, -0.2) is 20.7 Å². The van der Waals surface area contributed by atoms with Crippen LogP contribution in [0.4, 0.5) is 5.82 Å². The highest BCUT2D eigenvalue weighted by atomic mass is 16.1. The zero-order chi connectivity index (χ0) is 15.6. The Morgan fingerprint density at radius 1 is 1.09 bits per heavy atom. The highest BCUT2D eigenvalue weighted by Crippen LogP contribution is 2.42. The molecule has 0 saturated heterocycles. The van der Waals surface area contributed by atoms with E-state index in [0.29, 0.717) is 17.3 Å². The van der Waals surface area contributed by atoms with Gasteiger partial charge in [-0.3, -0.25) is 4.79 Å². The molecule has 3 aromatic rings. The molecule has 4 rings (SSSR count). The van der Waals surface area contributed by atoms with E-state index >= 15 is 0 Å². The number of nitrogens with zero attached hydrogens (tertiary/aromatic N) is 3. The lowest BCUT2D eigenvalue weighted by Crippen LogP contribution is -2.15. The maximum atomic E-state index is 12.6. The number of hydrogen-bond donors (Lipinski definition) is 1. The van der Waals surface area contributed by atoms with Crippen LogP contribution in [0.2, 0.25) is 0 Å². The Bertz CT molecular complexity index is 823. The second-order valence-electron chi connectivity index (χ2n) is 5.63. The summed E-state index contributed by atoms with van der Waals surface area (Å²) in [6, 6.07) is 15.4. The van der Waals surface area contributed by atoms with E-state index in [2.05, 4.69) is 15.4 Å². The Hall–Kier alpha value is -2.95. The standard InChI is InChI=1S/C18H16N4O/c23-18(21-16-8-4-5-11-19-16)15-12-20-22(17(15)13-9-10-13)14-6-2-1-3-7-14/h1-8,11-13H,9-10H2,(H,19,21,23). The zero-order valence-corrected chi connectivity index (χ0v) is 12.5. The molecule has 1 saturated carbocycles. The van der Waals surface area contributed by atoms with Gasteiger partial charge in [-0.05, 0) is 37.1 Å². The number of carbonyl (C=O) groups excluding carboxylic acids is 1. The van der Waals surface area contributed by atoms with Gasteiger partial charge >= 0.3 is 0 Å². The fraction of sp³-hybridized carbons (Fsp3) is 0.167. The first-order valence-corrected chi connectivity index (χ1v) is 7.68. The van der Waals surface area contributed by atoms with Gasteiger partial charge in [-0.1, -0.05) is 24.3 Å². The summed E-state index contributed by atoms with van der Waals surface area (Å²) in [5, 5.41) is 7.29. The molecule has 114 valence electrons. The van der Waals surface area contributed by atoms with Crippen molar-refractivity contribution in [2.24, 2.45) is 0 Å². The Morgan fingerprint density at radius 2 is 1.87 bits per heavy atom. The normalized spacial score (nSPS) is 13.7. The average Bonchev–Trinajstić information content (AvgIpc) is 3.34. The van der Waals surface area contributed by atoms with E-state index in [1.54, 1.807) is 18.5 Å². The van der Waals surface area contributed by atoms with Gasteiger partial charge in [0.15, 0.2) is 0 Å². The summed E-state index contributed by atoms with van der Waals surface area (Å²) < 4.78 is 1.88. The smallest absolute Gasteiger partial charge is 0.260 e. The lowest BCUT2D eigenvalue weighted by Gasteiger charge is -2.09. The van der Waals surface area contributed by atoms with Crippen LogP contribution < -0.4 is 5.32 Å². The molecule has 1 amide bonds. The van der Waals surface area contributed by atoms with Gasteiger partial charge in [0.05, 0.1) is 23.1 Å². The summed E-state index contributed by atoms with van der Waals surface area (Å²) in [6.07, 6.45) is 5.51. The van der Waals surface area contributed by atoms with Crippen molar-refractivity contribution in [3.05, 3.63) is 72.2 Å². The molecule has 0 bridgehead atoms. The van der Waals surface area contributed by atoms with Crippen molar-refractivity contribution in [3.63, 3.8) is 0 Å². The van der Waals surface area contributed by atoms with Crippen LogP contribution >= 0.6 is 0 Å². The molecule has 1 N–H and O–H groups in total. The fourth-order valence-electron chi connectivity index (χ4n) is 2.68. The Kier molecular flexibility index (Phi) is 3.38. The topological polar surface area (TPSA) is 59.8 Å². The van der Waals surface area contributed by atoms with Gasteiger partial charge in [-0.15, -0.1) is 0 Å².